The second-order valence-electron chi connectivity index (χ2n) is 6.28. The maximum atomic E-state index is 12.8. The number of anilines is 1. The molecule has 1 fully saturated rings. The Morgan fingerprint density at radius 2 is 1.92 bits per heavy atom. The van der Waals surface area contributed by atoms with E-state index in [0.717, 1.165) is 11.5 Å². The molecule has 0 unspecified atom stereocenters. The van der Waals surface area contributed by atoms with Crippen LogP contribution in [0.25, 0.3) is 0 Å². The zero-order valence-corrected chi connectivity index (χ0v) is 15.1. The van der Waals surface area contributed by atoms with E-state index in [1.165, 1.54) is 10.5 Å². The lowest BCUT2D eigenvalue weighted by Crippen LogP contribution is -2.28. The second kappa shape index (κ2) is 7.70. The quantitative estimate of drug-likeness (QED) is 0.916. The Morgan fingerprint density at radius 3 is 2.64 bits per heavy atom. The van der Waals surface area contributed by atoms with Crippen molar-refractivity contribution in [3.05, 3.63) is 59.9 Å². The van der Waals surface area contributed by atoms with E-state index >= 15 is 0 Å². The van der Waals surface area contributed by atoms with E-state index in [4.69, 9.17) is 0 Å². The van der Waals surface area contributed by atoms with Crippen molar-refractivity contribution in [2.75, 3.05) is 30.9 Å². The predicted octanol–water partition coefficient (Wildman–Crippen LogP) is 2.87. The zero-order valence-electron chi connectivity index (χ0n) is 14.3. The lowest BCUT2D eigenvalue weighted by molar-refractivity contribution is -0.119. The molecule has 2 aromatic rings. The molecule has 0 radical (unpaired) electrons. The van der Waals surface area contributed by atoms with Gasteiger partial charge in [-0.25, -0.2) is 0 Å². The summed E-state index contributed by atoms with van der Waals surface area (Å²) in [4.78, 5) is 30.3. The van der Waals surface area contributed by atoms with Crippen LogP contribution in [-0.4, -0.2) is 47.3 Å². The van der Waals surface area contributed by atoms with Crippen molar-refractivity contribution in [2.45, 2.75) is 5.92 Å². The van der Waals surface area contributed by atoms with Crippen molar-refractivity contribution in [2.24, 2.45) is 5.92 Å². The van der Waals surface area contributed by atoms with Gasteiger partial charge in [0, 0.05) is 43.4 Å². The molecule has 25 heavy (non-hydrogen) atoms. The van der Waals surface area contributed by atoms with Gasteiger partial charge in [0.15, 0.2) is 0 Å². The minimum absolute atomic E-state index is 0.00620. The first-order valence-corrected chi connectivity index (χ1v) is 9.33. The van der Waals surface area contributed by atoms with Crippen LogP contribution >= 0.6 is 11.8 Å². The zero-order chi connectivity index (χ0) is 17.8. The molecule has 2 atom stereocenters. The SMILES string of the molecule is CN(C)C(=O)c1cc(NC(=O)[C@@H]2CSC[C@H]2c2ccccc2)ccn1. The molecule has 2 amide bonds. The fraction of sp³-hybridized carbons (Fsp3) is 0.316. The molecule has 1 saturated heterocycles. The fourth-order valence-corrected chi connectivity index (χ4v) is 4.38. The molecular formula is C19H21N3O2S. The molecule has 1 aromatic heterocycles. The number of aromatic nitrogens is 1. The molecule has 1 aliphatic rings. The number of rotatable bonds is 4. The highest BCUT2D eigenvalue weighted by Gasteiger charge is 2.34. The van der Waals surface area contributed by atoms with Gasteiger partial charge in [0.25, 0.3) is 5.91 Å². The van der Waals surface area contributed by atoms with Gasteiger partial charge >= 0.3 is 0 Å². The number of carbonyl (C=O) groups excluding carboxylic acids is 2. The molecule has 3 rings (SSSR count). The largest absolute Gasteiger partial charge is 0.343 e. The van der Waals surface area contributed by atoms with Crippen molar-refractivity contribution >= 4 is 29.3 Å². The number of hydrogen-bond donors (Lipinski definition) is 1. The van der Waals surface area contributed by atoms with Gasteiger partial charge in [0.2, 0.25) is 5.91 Å². The van der Waals surface area contributed by atoms with E-state index in [1.807, 2.05) is 18.2 Å². The van der Waals surface area contributed by atoms with Crippen LogP contribution in [0.1, 0.15) is 22.0 Å². The molecule has 0 aliphatic carbocycles. The minimum atomic E-state index is -0.185. The maximum Gasteiger partial charge on any atom is 0.272 e. The Balaban J connectivity index is 1.74. The Labute approximate surface area is 151 Å². The van der Waals surface area contributed by atoms with Gasteiger partial charge in [-0.05, 0) is 17.7 Å². The number of amides is 2. The Hall–Kier alpha value is -2.34. The molecule has 1 aliphatic heterocycles. The molecule has 0 saturated carbocycles. The molecule has 1 aromatic carbocycles. The molecule has 130 valence electrons. The van der Waals surface area contributed by atoms with E-state index in [-0.39, 0.29) is 23.7 Å². The lowest BCUT2D eigenvalue weighted by atomic mass is 9.88. The van der Waals surface area contributed by atoms with Crippen LogP contribution in [0, 0.1) is 5.92 Å². The van der Waals surface area contributed by atoms with Gasteiger partial charge in [0.1, 0.15) is 5.69 Å². The molecule has 1 N–H and O–H groups in total. The normalized spacial score (nSPS) is 19.4. The van der Waals surface area contributed by atoms with Gasteiger partial charge in [-0.2, -0.15) is 11.8 Å². The summed E-state index contributed by atoms with van der Waals surface area (Å²) >= 11 is 1.80. The molecule has 6 heteroatoms. The third-order valence-electron chi connectivity index (χ3n) is 4.30. The van der Waals surface area contributed by atoms with Gasteiger partial charge in [-0.15, -0.1) is 0 Å². The third-order valence-corrected chi connectivity index (χ3v) is 5.49. The number of nitrogens with zero attached hydrogens (tertiary/aromatic N) is 2. The summed E-state index contributed by atoms with van der Waals surface area (Å²) in [6.07, 6.45) is 1.55. The van der Waals surface area contributed by atoms with Crippen LogP contribution in [0.15, 0.2) is 48.7 Å². The minimum Gasteiger partial charge on any atom is -0.343 e. The Kier molecular flexibility index (Phi) is 5.38. The highest BCUT2D eigenvalue weighted by atomic mass is 32.2. The van der Waals surface area contributed by atoms with Crippen LogP contribution in [-0.2, 0) is 4.79 Å². The summed E-state index contributed by atoms with van der Waals surface area (Å²) in [7, 11) is 3.35. The first-order chi connectivity index (χ1) is 12.1. The first-order valence-electron chi connectivity index (χ1n) is 8.17. The van der Waals surface area contributed by atoms with Gasteiger partial charge in [-0.3, -0.25) is 14.6 Å². The van der Waals surface area contributed by atoms with E-state index in [9.17, 15) is 9.59 Å². The topological polar surface area (TPSA) is 62.3 Å². The summed E-state index contributed by atoms with van der Waals surface area (Å²) in [5.41, 5.74) is 2.13. The first kappa shape index (κ1) is 17.5. The smallest absolute Gasteiger partial charge is 0.272 e. The second-order valence-corrected chi connectivity index (χ2v) is 7.35. The van der Waals surface area contributed by atoms with E-state index < -0.39 is 0 Å². The summed E-state index contributed by atoms with van der Waals surface area (Å²) in [6.45, 7) is 0. The van der Waals surface area contributed by atoms with Crippen molar-refractivity contribution in [3.63, 3.8) is 0 Å². The highest BCUT2D eigenvalue weighted by Crippen LogP contribution is 2.38. The van der Waals surface area contributed by atoms with Crippen LogP contribution in [0.5, 0.6) is 0 Å². The molecular weight excluding hydrogens is 334 g/mol. The number of thioether (sulfide) groups is 1. The lowest BCUT2D eigenvalue weighted by Gasteiger charge is -2.19. The third kappa shape index (κ3) is 4.02. The van der Waals surface area contributed by atoms with Crippen LogP contribution in [0.4, 0.5) is 5.69 Å². The van der Waals surface area contributed by atoms with Crippen molar-refractivity contribution in [1.29, 1.82) is 0 Å². The highest BCUT2D eigenvalue weighted by molar-refractivity contribution is 7.99. The maximum absolute atomic E-state index is 12.8. The monoisotopic (exact) mass is 355 g/mol. The average molecular weight is 355 g/mol. The van der Waals surface area contributed by atoms with Crippen molar-refractivity contribution < 1.29 is 9.59 Å². The van der Waals surface area contributed by atoms with E-state index in [1.54, 1.807) is 44.2 Å². The van der Waals surface area contributed by atoms with Crippen molar-refractivity contribution in [3.8, 4) is 0 Å². The summed E-state index contributed by atoms with van der Waals surface area (Å²) in [5, 5.41) is 2.95. The molecule has 5 nitrogen and oxygen atoms in total. The van der Waals surface area contributed by atoms with E-state index in [2.05, 4.69) is 22.4 Å². The van der Waals surface area contributed by atoms with E-state index in [0.29, 0.717) is 11.4 Å². The summed E-state index contributed by atoms with van der Waals surface area (Å²) in [6, 6.07) is 13.5. The summed E-state index contributed by atoms with van der Waals surface area (Å²) < 4.78 is 0. The number of hydrogen-bond acceptors (Lipinski definition) is 4. The molecule has 0 spiro atoms. The van der Waals surface area contributed by atoms with Crippen LogP contribution in [0.3, 0.4) is 0 Å². The number of benzene rings is 1. The standard InChI is InChI=1S/C19H21N3O2S/c1-22(2)19(24)17-10-14(8-9-20-17)21-18(23)16-12-25-11-15(16)13-6-4-3-5-7-13/h3-10,15-16H,11-12H2,1-2H3,(H,20,21,23)/t15-,16+/m0/s1. The number of carbonyl (C=O) groups is 2. The summed E-state index contributed by atoms with van der Waals surface area (Å²) in [5.74, 6) is 1.70. The predicted molar refractivity (Wildman–Crippen MR) is 101 cm³/mol. The Morgan fingerprint density at radius 1 is 1.16 bits per heavy atom. The molecule has 0 bridgehead atoms. The van der Waals surface area contributed by atoms with Crippen LogP contribution < -0.4 is 5.32 Å². The fourth-order valence-electron chi connectivity index (χ4n) is 2.93. The number of nitrogens with one attached hydrogen (secondary N) is 1. The number of pyridine rings is 1. The average Bonchev–Trinajstić information content (AvgIpc) is 3.12. The van der Waals surface area contributed by atoms with Crippen molar-refractivity contribution in [1.82, 2.24) is 9.88 Å². The Bertz CT molecular complexity index is 764. The van der Waals surface area contributed by atoms with Crippen LogP contribution in [0.2, 0.25) is 0 Å². The van der Waals surface area contributed by atoms with Gasteiger partial charge in [-0.1, -0.05) is 30.3 Å². The van der Waals surface area contributed by atoms with Gasteiger partial charge < -0.3 is 10.2 Å². The molecule has 2 heterocycles. The van der Waals surface area contributed by atoms with Gasteiger partial charge in [0.05, 0.1) is 5.92 Å².